The van der Waals surface area contributed by atoms with Crippen LogP contribution >= 0.6 is 0 Å². The van der Waals surface area contributed by atoms with Crippen molar-refractivity contribution >= 4 is 20.0 Å². The first-order chi connectivity index (χ1) is 8.04. The van der Waals surface area contributed by atoms with Crippen molar-refractivity contribution < 1.29 is 19.2 Å². The zero-order chi connectivity index (χ0) is 14.1. The molecule has 5 nitrogen and oxygen atoms in total. The SMILES string of the molecule is CC(O[Si](C)(C)C(C)(C)C)C1=NOC(C(=O)O)C1. The number of nitrogens with zero attached hydrogens (tertiary/aromatic N) is 1. The van der Waals surface area contributed by atoms with E-state index in [1.165, 1.54) is 0 Å². The van der Waals surface area contributed by atoms with Gasteiger partial charge in [0.15, 0.2) is 8.32 Å². The van der Waals surface area contributed by atoms with Crippen LogP contribution in [0.5, 0.6) is 0 Å². The molecule has 0 aliphatic carbocycles. The number of carboxylic acid groups (broad SMARTS) is 1. The Labute approximate surface area is 109 Å². The second-order valence-electron chi connectivity index (χ2n) is 6.24. The minimum atomic E-state index is -1.87. The Morgan fingerprint density at radius 2 is 2.11 bits per heavy atom. The van der Waals surface area contributed by atoms with Gasteiger partial charge in [0.05, 0.1) is 11.8 Å². The molecule has 0 saturated carbocycles. The average molecular weight is 273 g/mol. The number of carbonyl (C=O) groups is 1. The molecule has 0 amide bonds. The van der Waals surface area contributed by atoms with E-state index in [1.54, 1.807) is 0 Å². The Morgan fingerprint density at radius 1 is 1.56 bits per heavy atom. The number of oxime groups is 1. The fraction of sp³-hybridized carbons (Fsp3) is 0.833. The normalized spacial score (nSPS) is 22.3. The first-order valence-corrected chi connectivity index (χ1v) is 9.08. The predicted octanol–water partition coefficient (Wildman–Crippen LogP) is 2.63. The van der Waals surface area contributed by atoms with Gasteiger partial charge in [0.25, 0.3) is 0 Å². The van der Waals surface area contributed by atoms with Gasteiger partial charge >= 0.3 is 5.97 Å². The molecule has 0 fully saturated rings. The molecule has 2 unspecified atom stereocenters. The fourth-order valence-electron chi connectivity index (χ4n) is 1.46. The maximum absolute atomic E-state index is 10.8. The van der Waals surface area contributed by atoms with Gasteiger partial charge in [-0.05, 0) is 25.1 Å². The summed E-state index contributed by atoms with van der Waals surface area (Å²) in [5.74, 6) is -0.978. The molecule has 1 aliphatic heterocycles. The number of hydrogen-bond donors (Lipinski definition) is 1. The zero-order valence-corrected chi connectivity index (χ0v) is 13.0. The van der Waals surface area contributed by atoms with E-state index in [0.29, 0.717) is 12.1 Å². The predicted molar refractivity (Wildman–Crippen MR) is 72.3 cm³/mol. The van der Waals surface area contributed by atoms with E-state index in [0.717, 1.165) is 0 Å². The molecule has 0 aromatic heterocycles. The van der Waals surface area contributed by atoms with Crippen molar-refractivity contribution in [3.8, 4) is 0 Å². The molecular weight excluding hydrogens is 250 g/mol. The van der Waals surface area contributed by atoms with Gasteiger partial charge < -0.3 is 14.4 Å². The lowest BCUT2D eigenvalue weighted by Gasteiger charge is -2.38. The fourth-order valence-corrected chi connectivity index (χ4v) is 2.83. The van der Waals surface area contributed by atoms with E-state index in [2.05, 4.69) is 39.0 Å². The molecule has 0 bridgehead atoms. The van der Waals surface area contributed by atoms with E-state index >= 15 is 0 Å². The molecule has 2 atom stereocenters. The molecule has 0 aromatic carbocycles. The van der Waals surface area contributed by atoms with Crippen LogP contribution in [0.2, 0.25) is 18.1 Å². The second-order valence-corrected chi connectivity index (χ2v) is 11.0. The van der Waals surface area contributed by atoms with E-state index in [1.807, 2.05) is 6.92 Å². The molecule has 1 N–H and O–H groups in total. The van der Waals surface area contributed by atoms with Crippen LogP contribution < -0.4 is 0 Å². The molecule has 104 valence electrons. The number of hydrogen-bond acceptors (Lipinski definition) is 4. The van der Waals surface area contributed by atoms with Crippen molar-refractivity contribution in [3.63, 3.8) is 0 Å². The highest BCUT2D eigenvalue weighted by Gasteiger charge is 2.40. The van der Waals surface area contributed by atoms with Gasteiger partial charge in [-0.25, -0.2) is 4.79 Å². The quantitative estimate of drug-likeness (QED) is 0.799. The molecular formula is C12H23NO4Si. The highest BCUT2D eigenvalue weighted by atomic mass is 28.4. The molecule has 1 heterocycles. The highest BCUT2D eigenvalue weighted by molar-refractivity contribution is 6.74. The third-order valence-corrected chi connectivity index (χ3v) is 8.27. The Kier molecular flexibility index (Phi) is 4.22. The van der Waals surface area contributed by atoms with Crippen molar-refractivity contribution in [2.24, 2.45) is 5.16 Å². The Balaban J connectivity index is 2.63. The summed E-state index contributed by atoms with van der Waals surface area (Å²) in [4.78, 5) is 15.7. The highest BCUT2D eigenvalue weighted by Crippen LogP contribution is 2.37. The standard InChI is InChI=1S/C12H23NO4Si/c1-8(17-18(5,6)12(2,3)4)9-7-10(11(14)15)16-13-9/h8,10H,7H2,1-6H3,(H,14,15). The minimum Gasteiger partial charge on any atom is -0.478 e. The Morgan fingerprint density at radius 3 is 2.50 bits per heavy atom. The van der Waals surface area contributed by atoms with Crippen LogP contribution in [-0.2, 0) is 14.1 Å². The van der Waals surface area contributed by atoms with Crippen LogP contribution in [0, 0.1) is 0 Å². The van der Waals surface area contributed by atoms with Crippen molar-refractivity contribution in [3.05, 3.63) is 0 Å². The lowest BCUT2D eigenvalue weighted by Crippen LogP contribution is -2.45. The molecule has 0 aromatic rings. The zero-order valence-electron chi connectivity index (χ0n) is 12.0. The second kappa shape index (κ2) is 5.01. The Bertz CT molecular complexity index is 360. The summed E-state index contributed by atoms with van der Waals surface area (Å²) in [7, 11) is -1.87. The summed E-state index contributed by atoms with van der Waals surface area (Å²) < 4.78 is 6.15. The van der Waals surface area contributed by atoms with E-state index in [-0.39, 0.29) is 11.1 Å². The van der Waals surface area contributed by atoms with E-state index < -0.39 is 20.4 Å². The monoisotopic (exact) mass is 273 g/mol. The van der Waals surface area contributed by atoms with Crippen molar-refractivity contribution in [1.82, 2.24) is 0 Å². The lowest BCUT2D eigenvalue weighted by molar-refractivity contribution is -0.148. The summed E-state index contributed by atoms with van der Waals surface area (Å²) in [6.45, 7) is 12.7. The molecule has 0 saturated heterocycles. The third kappa shape index (κ3) is 3.32. The van der Waals surface area contributed by atoms with Crippen molar-refractivity contribution in [2.45, 2.75) is 64.5 Å². The van der Waals surface area contributed by atoms with Gasteiger partial charge in [-0.15, -0.1) is 0 Å². The number of aliphatic carboxylic acids is 1. The Hall–Kier alpha value is -0.883. The van der Waals surface area contributed by atoms with Gasteiger partial charge in [0, 0.05) is 6.42 Å². The van der Waals surface area contributed by atoms with Gasteiger partial charge in [0.1, 0.15) is 0 Å². The van der Waals surface area contributed by atoms with Crippen LogP contribution in [0.3, 0.4) is 0 Å². The smallest absolute Gasteiger partial charge is 0.348 e. The first-order valence-electron chi connectivity index (χ1n) is 6.18. The minimum absolute atomic E-state index is 0.119. The van der Waals surface area contributed by atoms with Crippen LogP contribution in [0.1, 0.15) is 34.1 Å². The van der Waals surface area contributed by atoms with Crippen molar-refractivity contribution in [1.29, 1.82) is 0 Å². The molecule has 6 heteroatoms. The summed E-state index contributed by atoms with van der Waals surface area (Å²) in [5.41, 5.74) is 0.687. The molecule has 1 aliphatic rings. The first kappa shape index (κ1) is 15.2. The van der Waals surface area contributed by atoms with E-state index in [4.69, 9.17) is 14.4 Å². The average Bonchev–Trinajstić information content (AvgIpc) is 2.63. The van der Waals surface area contributed by atoms with Crippen LogP contribution in [-0.4, -0.2) is 37.3 Å². The lowest BCUT2D eigenvalue weighted by atomic mass is 10.1. The largest absolute Gasteiger partial charge is 0.478 e. The van der Waals surface area contributed by atoms with Crippen LogP contribution in [0.25, 0.3) is 0 Å². The number of carboxylic acids is 1. The van der Waals surface area contributed by atoms with Gasteiger partial charge in [-0.3, -0.25) is 0 Å². The maximum atomic E-state index is 10.8. The van der Waals surface area contributed by atoms with Gasteiger partial charge in [-0.2, -0.15) is 0 Å². The van der Waals surface area contributed by atoms with Gasteiger partial charge in [-0.1, -0.05) is 25.9 Å². The van der Waals surface area contributed by atoms with Crippen LogP contribution in [0.15, 0.2) is 5.16 Å². The van der Waals surface area contributed by atoms with Gasteiger partial charge in [0.2, 0.25) is 6.10 Å². The topological polar surface area (TPSA) is 68.1 Å². The summed E-state index contributed by atoms with van der Waals surface area (Å²) in [5, 5.41) is 12.8. The maximum Gasteiger partial charge on any atom is 0.348 e. The summed E-state index contributed by atoms with van der Waals surface area (Å²) in [6.07, 6.45) is -0.730. The molecule has 18 heavy (non-hydrogen) atoms. The summed E-state index contributed by atoms with van der Waals surface area (Å²) in [6, 6.07) is 0. The van der Waals surface area contributed by atoms with Crippen molar-refractivity contribution in [2.75, 3.05) is 0 Å². The molecule has 1 rings (SSSR count). The number of rotatable bonds is 4. The van der Waals surface area contributed by atoms with Crippen LogP contribution in [0.4, 0.5) is 0 Å². The van der Waals surface area contributed by atoms with E-state index in [9.17, 15) is 4.79 Å². The third-order valence-electron chi connectivity index (χ3n) is 3.71. The molecule has 0 spiro atoms. The summed E-state index contributed by atoms with van der Waals surface area (Å²) >= 11 is 0. The molecule has 0 radical (unpaired) electrons.